The molecule has 130 valence electrons. The molecule has 0 aliphatic heterocycles. The van der Waals surface area contributed by atoms with Gasteiger partial charge in [0.1, 0.15) is 0 Å². The van der Waals surface area contributed by atoms with Gasteiger partial charge in [0.25, 0.3) is 0 Å². The summed E-state index contributed by atoms with van der Waals surface area (Å²) in [5, 5.41) is 5.08. The second-order valence-electron chi connectivity index (χ2n) is 5.60. The molecular formula is C18H16Cl2N2O3. The molecule has 2 aromatic carbocycles. The smallest absolute Gasteiger partial charge is 0.314 e. The average molecular weight is 379 g/mol. The van der Waals surface area contributed by atoms with Gasteiger partial charge in [-0.3, -0.25) is 10.2 Å². The quantitative estimate of drug-likeness (QED) is 0.340. The van der Waals surface area contributed by atoms with E-state index in [1.807, 2.05) is 0 Å². The molecule has 5 nitrogen and oxygen atoms in total. The fraction of sp³-hybridized carbons (Fsp3) is 0.222. The van der Waals surface area contributed by atoms with Gasteiger partial charge in [0.2, 0.25) is 0 Å². The summed E-state index contributed by atoms with van der Waals surface area (Å²) < 4.78 is 10.7. The summed E-state index contributed by atoms with van der Waals surface area (Å²) in [4.78, 5) is 11.8. The molecule has 0 amide bonds. The molecule has 0 unspecified atom stereocenters. The van der Waals surface area contributed by atoms with Gasteiger partial charge in [-0.25, -0.2) is 0 Å². The molecule has 1 fully saturated rings. The average Bonchev–Trinajstić information content (AvgIpc) is 3.44. The van der Waals surface area contributed by atoms with Crippen LogP contribution in [0.1, 0.15) is 18.4 Å². The number of hydrogen-bond donors (Lipinski definition) is 1. The molecule has 0 saturated heterocycles. The van der Waals surface area contributed by atoms with Crippen LogP contribution in [-0.4, -0.2) is 19.3 Å². The molecule has 2 aromatic rings. The number of hydrazone groups is 1. The maximum Gasteiger partial charge on any atom is 0.314 e. The van der Waals surface area contributed by atoms with Crippen molar-refractivity contribution in [2.24, 2.45) is 11.0 Å². The highest BCUT2D eigenvalue weighted by Gasteiger charge is 2.32. The first-order valence-corrected chi connectivity index (χ1v) is 8.46. The number of esters is 1. The van der Waals surface area contributed by atoms with Crippen LogP contribution in [0.2, 0.25) is 10.0 Å². The normalized spacial score (nSPS) is 13.7. The fourth-order valence-electron chi connectivity index (χ4n) is 2.11. The second-order valence-corrected chi connectivity index (χ2v) is 6.42. The van der Waals surface area contributed by atoms with Crippen LogP contribution in [0.25, 0.3) is 0 Å². The van der Waals surface area contributed by atoms with E-state index in [9.17, 15) is 4.79 Å². The zero-order valence-corrected chi connectivity index (χ0v) is 15.0. The Balaban J connectivity index is 1.67. The molecule has 0 atom stereocenters. The van der Waals surface area contributed by atoms with Crippen LogP contribution in [0.15, 0.2) is 41.5 Å². The maximum absolute atomic E-state index is 11.8. The maximum atomic E-state index is 11.8. The Hall–Kier alpha value is -2.24. The first kappa shape index (κ1) is 17.6. The van der Waals surface area contributed by atoms with Crippen molar-refractivity contribution in [2.75, 3.05) is 12.5 Å². The van der Waals surface area contributed by atoms with E-state index in [1.165, 1.54) is 7.11 Å². The van der Waals surface area contributed by atoms with E-state index < -0.39 is 0 Å². The summed E-state index contributed by atoms with van der Waals surface area (Å²) in [5.41, 5.74) is 4.37. The van der Waals surface area contributed by atoms with Crippen LogP contribution >= 0.6 is 23.2 Å². The fourth-order valence-corrected chi connectivity index (χ4v) is 2.40. The Morgan fingerprint density at radius 3 is 2.64 bits per heavy atom. The molecule has 3 rings (SSSR count). The van der Waals surface area contributed by atoms with Gasteiger partial charge in [0, 0.05) is 0 Å². The summed E-state index contributed by atoms with van der Waals surface area (Å²) in [5.74, 6) is 0.712. The van der Waals surface area contributed by atoms with E-state index in [4.69, 9.17) is 32.7 Å². The standard InChI is InChI=1S/C18H16Cl2N2O3/c1-24-17-8-11(2-7-16(17)25-18(23)12-3-4-12)10-21-22-13-5-6-14(19)15(20)9-13/h2,5-10,12,22H,3-4H2,1H3/b21-10-. The monoisotopic (exact) mass is 378 g/mol. The van der Waals surface area contributed by atoms with Gasteiger partial charge >= 0.3 is 5.97 Å². The van der Waals surface area contributed by atoms with Gasteiger partial charge in [-0.15, -0.1) is 0 Å². The van der Waals surface area contributed by atoms with Gasteiger partial charge in [-0.2, -0.15) is 5.10 Å². The number of anilines is 1. The predicted octanol–water partition coefficient (Wildman–Crippen LogP) is 4.76. The number of rotatable bonds is 6. The Labute approximate surface area is 155 Å². The largest absolute Gasteiger partial charge is 0.493 e. The molecule has 0 aromatic heterocycles. The molecule has 0 bridgehead atoms. The number of carbonyl (C=O) groups is 1. The van der Waals surface area contributed by atoms with Gasteiger partial charge in [-0.1, -0.05) is 23.2 Å². The summed E-state index contributed by atoms with van der Waals surface area (Å²) >= 11 is 11.8. The van der Waals surface area contributed by atoms with Crippen molar-refractivity contribution < 1.29 is 14.3 Å². The number of benzene rings is 2. The summed E-state index contributed by atoms with van der Waals surface area (Å²) in [6.45, 7) is 0. The molecule has 7 heteroatoms. The number of nitrogens with zero attached hydrogens (tertiary/aromatic N) is 1. The Kier molecular flexibility index (Phi) is 5.46. The van der Waals surface area contributed by atoms with Gasteiger partial charge < -0.3 is 9.47 Å². The van der Waals surface area contributed by atoms with Gasteiger partial charge in [-0.05, 0) is 54.8 Å². The molecule has 1 saturated carbocycles. The third-order valence-corrected chi connectivity index (χ3v) is 4.37. The van der Waals surface area contributed by atoms with Crippen molar-refractivity contribution in [2.45, 2.75) is 12.8 Å². The number of halogens is 2. The highest BCUT2D eigenvalue weighted by Crippen LogP contribution is 2.34. The van der Waals surface area contributed by atoms with E-state index >= 15 is 0 Å². The van der Waals surface area contributed by atoms with E-state index in [2.05, 4.69) is 10.5 Å². The van der Waals surface area contributed by atoms with Crippen LogP contribution in [0.5, 0.6) is 11.5 Å². The van der Waals surface area contributed by atoms with Crippen LogP contribution in [0.3, 0.4) is 0 Å². The number of nitrogens with one attached hydrogen (secondary N) is 1. The number of hydrogen-bond acceptors (Lipinski definition) is 5. The van der Waals surface area contributed by atoms with Crippen molar-refractivity contribution in [1.82, 2.24) is 0 Å². The first-order chi connectivity index (χ1) is 12.1. The molecular weight excluding hydrogens is 363 g/mol. The molecule has 0 spiro atoms. The minimum atomic E-state index is -0.207. The van der Waals surface area contributed by atoms with Crippen LogP contribution < -0.4 is 14.9 Å². The van der Waals surface area contributed by atoms with E-state index in [-0.39, 0.29) is 11.9 Å². The van der Waals surface area contributed by atoms with Crippen molar-refractivity contribution in [3.8, 4) is 11.5 Å². The number of ether oxygens (including phenoxy) is 2. The zero-order chi connectivity index (χ0) is 17.8. The highest BCUT2D eigenvalue weighted by atomic mass is 35.5. The lowest BCUT2D eigenvalue weighted by Crippen LogP contribution is -2.10. The van der Waals surface area contributed by atoms with E-state index in [0.717, 1.165) is 18.4 Å². The van der Waals surface area contributed by atoms with Crippen LogP contribution in [-0.2, 0) is 4.79 Å². The lowest BCUT2D eigenvalue weighted by Gasteiger charge is -2.09. The van der Waals surface area contributed by atoms with E-state index in [1.54, 1.807) is 42.6 Å². The summed E-state index contributed by atoms with van der Waals surface area (Å²) in [6, 6.07) is 10.4. The Morgan fingerprint density at radius 2 is 1.96 bits per heavy atom. The SMILES string of the molecule is COc1cc(/C=N\Nc2ccc(Cl)c(Cl)c2)ccc1OC(=O)C1CC1. The zero-order valence-electron chi connectivity index (χ0n) is 13.5. The third-order valence-electron chi connectivity index (χ3n) is 3.64. The molecule has 25 heavy (non-hydrogen) atoms. The molecule has 0 radical (unpaired) electrons. The van der Waals surface area contributed by atoms with E-state index in [0.29, 0.717) is 27.2 Å². The Bertz CT molecular complexity index is 820. The second kappa shape index (κ2) is 7.76. The number of carbonyl (C=O) groups excluding carboxylic acids is 1. The molecule has 1 N–H and O–H groups in total. The van der Waals surface area contributed by atoms with Crippen molar-refractivity contribution in [1.29, 1.82) is 0 Å². The summed E-state index contributed by atoms with van der Waals surface area (Å²) in [6.07, 6.45) is 3.41. The minimum absolute atomic E-state index is 0.0290. The predicted molar refractivity (Wildman–Crippen MR) is 99.0 cm³/mol. The van der Waals surface area contributed by atoms with Crippen molar-refractivity contribution >= 4 is 41.1 Å². The topological polar surface area (TPSA) is 59.9 Å². The Morgan fingerprint density at radius 1 is 1.16 bits per heavy atom. The van der Waals surface area contributed by atoms with Gasteiger partial charge in [0.05, 0.1) is 35.0 Å². The van der Waals surface area contributed by atoms with Crippen LogP contribution in [0, 0.1) is 5.92 Å². The first-order valence-electron chi connectivity index (χ1n) is 7.70. The number of methoxy groups -OCH3 is 1. The lowest BCUT2D eigenvalue weighted by atomic mass is 10.2. The summed E-state index contributed by atoms with van der Waals surface area (Å²) in [7, 11) is 1.53. The van der Waals surface area contributed by atoms with Crippen molar-refractivity contribution in [3.63, 3.8) is 0 Å². The molecule has 1 aliphatic carbocycles. The molecule has 1 aliphatic rings. The van der Waals surface area contributed by atoms with Gasteiger partial charge in [0.15, 0.2) is 11.5 Å². The molecule has 0 heterocycles. The highest BCUT2D eigenvalue weighted by molar-refractivity contribution is 6.42. The minimum Gasteiger partial charge on any atom is -0.493 e. The lowest BCUT2D eigenvalue weighted by molar-refractivity contribution is -0.135. The van der Waals surface area contributed by atoms with Crippen molar-refractivity contribution in [3.05, 3.63) is 52.0 Å². The third kappa shape index (κ3) is 4.65. The van der Waals surface area contributed by atoms with Crippen LogP contribution in [0.4, 0.5) is 5.69 Å².